The smallest absolute Gasteiger partial charge is 0.0652 e. The van der Waals surface area contributed by atoms with Crippen LogP contribution in [0.2, 0.25) is 0 Å². The third-order valence-electron chi connectivity index (χ3n) is 4.30. The fraction of sp³-hybridized carbons (Fsp3) is 0.174. The maximum absolute atomic E-state index is 4.75. The molecule has 0 atom stereocenters. The molecule has 0 aromatic heterocycles. The van der Waals surface area contributed by atoms with Crippen LogP contribution in [0.5, 0.6) is 0 Å². The van der Waals surface area contributed by atoms with E-state index in [0.717, 1.165) is 29.8 Å². The highest BCUT2D eigenvalue weighted by atomic mass is 15.5. The minimum absolute atomic E-state index is 1.04. The van der Waals surface area contributed by atoms with Gasteiger partial charge in [0.1, 0.15) is 0 Å². The quantitative estimate of drug-likeness (QED) is 0.401. The average Bonchev–Trinajstić information content (AvgIpc) is 2.70. The van der Waals surface area contributed by atoms with E-state index in [1.165, 1.54) is 11.1 Å². The fourth-order valence-corrected chi connectivity index (χ4v) is 2.69. The Kier molecular flexibility index (Phi) is 5.63. The van der Waals surface area contributed by atoms with Crippen molar-refractivity contribution in [3.8, 4) is 0 Å². The van der Waals surface area contributed by atoms with Gasteiger partial charge in [-0.25, -0.2) is 5.01 Å². The lowest BCUT2D eigenvalue weighted by atomic mass is 10.1. The first-order valence-corrected chi connectivity index (χ1v) is 8.87. The van der Waals surface area contributed by atoms with E-state index in [4.69, 9.17) is 5.10 Å². The van der Waals surface area contributed by atoms with Gasteiger partial charge in [0, 0.05) is 0 Å². The Hall–Kier alpha value is -2.87. The van der Waals surface area contributed by atoms with Crippen LogP contribution in [-0.2, 0) is 12.8 Å². The minimum Gasteiger partial charge on any atom is -0.234 e. The van der Waals surface area contributed by atoms with Crippen LogP contribution in [0.1, 0.15) is 30.5 Å². The summed E-state index contributed by atoms with van der Waals surface area (Å²) in [7, 11) is 0. The van der Waals surface area contributed by atoms with E-state index in [1.54, 1.807) is 0 Å². The topological polar surface area (TPSA) is 15.6 Å². The fourth-order valence-electron chi connectivity index (χ4n) is 2.69. The summed E-state index contributed by atoms with van der Waals surface area (Å²) < 4.78 is 0. The summed E-state index contributed by atoms with van der Waals surface area (Å²) in [5, 5.41) is 6.75. The Bertz CT molecular complexity index is 755. The van der Waals surface area contributed by atoms with Crippen molar-refractivity contribution in [2.45, 2.75) is 26.7 Å². The Balaban J connectivity index is 1.95. The number of aryl methyl sites for hydroxylation is 2. The summed E-state index contributed by atoms with van der Waals surface area (Å²) in [6, 6.07) is 27.4. The van der Waals surface area contributed by atoms with Gasteiger partial charge in [-0.15, -0.1) is 0 Å². The molecule has 126 valence electrons. The van der Waals surface area contributed by atoms with Gasteiger partial charge >= 0.3 is 0 Å². The molecule has 3 aromatic carbocycles. The molecule has 0 bridgehead atoms. The maximum Gasteiger partial charge on any atom is 0.0652 e. The molecule has 0 fully saturated rings. The Labute approximate surface area is 150 Å². The maximum atomic E-state index is 4.75. The molecule has 0 aliphatic rings. The normalized spacial score (nSPS) is 11.0. The van der Waals surface area contributed by atoms with E-state index in [2.05, 4.69) is 74.5 Å². The number of nitrogens with zero attached hydrogens (tertiary/aromatic N) is 2. The van der Waals surface area contributed by atoms with Crippen LogP contribution >= 0.6 is 0 Å². The van der Waals surface area contributed by atoms with Crippen molar-refractivity contribution in [2.24, 2.45) is 5.10 Å². The predicted octanol–water partition coefficient (Wildman–Crippen LogP) is 5.98. The van der Waals surface area contributed by atoms with Gasteiger partial charge in [-0.05, 0) is 53.8 Å². The van der Waals surface area contributed by atoms with Crippen molar-refractivity contribution >= 4 is 17.6 Å². The van der Waals surface area contributed by atoms with Crippen molar-refractivity contribution < 1.29 is 0 Å². The summed E-state index contributed by atoms with van der Waals surface area (Å²) in [6.07, 6.45) is 3.99. The summed E-state index contributed by atoms with van der Waals surface area (Å²) in [6.45, 7) is 4.34. The number of hydrazone groups is 1. The van der Waals surface area contributed by atoms with Crippen molar-refractivity contribution in [1.82, 2.24) is 0 Å². The van der Waals surface area contributed by atoms with E-state index in [9.17, 15) is 0 Å². The number of hydrogen-bond donors (Lipinski definition) is 0. The van der Waals surface area contributed by atoms with Crippen molar-refractivity contribution in [2.75, 3.05) is 5.01 Å². The molecule has 0 saturated heterocycles. The second-order valence-corrected chi connectivity index (χ2v) is 6.01. The minimum atomic E-state index is 1.04. The van der Waals surface area contributed by atoms with Gasteiger partial charge in [0.05, 0.1) is 17.6 Å². The summed E-state index contributed by atoms with van der Waals surface area (Å²) in [5.41, 5.74) is 5.87. The first-order valence-electron chi connectivity index (χ1n) is 8.87. The van der Waals surface area contributed by atoms with Crippen molar-refractivity contribution in [1.29, 1.82) is 0 Å². The van der Waals surface area contributed by atoms with Gasteiger partial charge in [-0.2, -0.15) is 5.10 Å². The Morgan fingerprint density at radius 3 is 1.60 bits per heavy atom. The first-order chi connectivity index (χ1) is 12.3. The van der Waals surface area contributed by atoms with Gasteiger partial charge in [0.25, 0.3) is 0 Å². The van der Waals surface area contributed by atoms with Crippen LogP contribution in [0, 0.1) is 0 Å². The summed E-state index contributed by atoms with van der Waals surface area (Å²) in [5.74, 6) is 0. The molecule has 0 amide bonds. The molecule has 3 rings (SSSR count). The van der Waals surface area contributed by atoms with Crippen LogP contribution in [0.4, 0.5) is 11.4 Å². The van der Waals surface area contributed by atoms with Crippen LogP contribution in [0.3, 0.4) is 0 Å². The average molecular weight is 328 g/mol. The zero-order valence-electron chi connectivity index (χ0n) is 14.9. The molecule has 0 unspecified atom stereocenters. The monoisotopic (exact) mass is 328 g/mol. The van der Waals surface area contributed by atoms with E-state index in [0.29, 0.717) is 0 Å². The van der Waals surface area contributed by atoms with Crippen LogP contribution in [0.25, 0.3) is 0 Å². The molecule has 0 radical (unpaired) electrons. The molecule has 2 heteroatoms. The highest BCUT2D eigenvalue weighted by molar-refractivity contribution is 5.81. The highest BCUT2D eigenvalue weighted by Gasteiger charge is 2.08. The number of hydrogen-bond acceptors (Lipinski definition) is 2. The standard InChI is InChI=1S/C23H24N2/c1-3-19-10-14-22(15-11-19)25(23-16-12-20(4-2)13-17-23)24-18-21-8-6-5-7-9-21/h5-18H,3-4H2,1-2H3/b24-18-. The van der Waals surface area contributed by atoms with Gasteiger partial charge in [0.15, 0.2) is 0 Å². The van der Waals surface area contributed by atoms with Crippen molar-refractivity contribution in [3.05, 3.63) is 95.6 Å². The highest BCUT2D eigenvalue weighted by Crippen LogP contribution is 2.26. The van der Waals surface area contributed by atoms with Gasteiger partial charge < -0.3 is 0 Å². The third kappa shape index (κ3) is 4.36. The van der Waals surface area contributed by atoms with E-state index in [-0.39, 0.29) is 0 Å². The lowest BCUT2D eigenvalue weighted by Gasteiger charge is -2.20. The van der Waals surface area contributed by atoms with Gasteiger partial charge in [-0.1, -0.05) is 68.4 Å². The largest absolute Gasteiger partial charge is 0.234 e. The second-order valence-electron chi connectivity index (χ2n) is 6.01. The molecule has 0 aliphatic carbocycles. The zero-order chi connectivity index (χ0) is 17.5. The predicted molar refractivity (Wildman–Crippen MR) is 108 cm³/mol. The lowest BCUT2D eigenvalue weighted by molar-refractivity contribution is 1.07. The number of anilines is 2. The van der Waals surface area contributed by atoms with Crippen LogP contribution in [-0.4, -0.2) is 6.21 Å². The molecule has 0 aliphatic heterocycles. The van der Waals surface area contributed by atoms with Crippen LogP contribution in [0.15, 0.2) is 84.0 Å². The van der Waals surface area contributed by atoms with E-state index < -0.39 is 0 Å². The molecular weight excluding hydrogens is 304 g/mol. The second kappa shape index (κ2) is 8.29. The first kappa shape index (κ1) is 17.0. The molecule has 0 N–H and O–H groups in total. The number of benzene rings is 3. The Morgan fingerprint density at radius 2 is 1.16 bits per heavy atom. The Morgan fingerprint density at radius 1 is 0.680 bits per heavy atom. The molecule has 0 heterocycles. The summed E-state index contributed by atoms with van der Waals surface area (Å²) >= 11 is 0. The van der Waals surface area contributed by atoms with Gasteiger partial charge in [-0.3, -0.25) is 0 Å². The summed E-state index contributed by atoms with van der Waals surface area (Å²) in [4.78, 5) is 0. The lowest BCUT2D eigenvalue weighted by Crippen LogP contribution is -2.09. The van der Waals surface area contributed by atoms with Gasteiger partial charge in [0.2, 0.25) is 0 Å². The van der Waals surface area contributed by atoms with E-state index in [1.807, 2.05) is 29.4 Å². The van der Waals surface area contributed by atoms with Crippen molar-refractivity contribution in [3.63, 3.8) is 0 Å². The third-order valence-corrected chi connectivity index (χ3v) is 4.30. The number of rotatable bonds is 6. The molecule has 3 aromatic rings. The van der Waals surface area contributed by atoms with Crippen LogP contribution < -0.4 is 5.01 Å². The molecular formula is C23H24N2. The zero-order valence-corrected chi connectivity index (χ0v) is 14.9. The molecule has 0 saturated carbocycles. The SMILES string of the molecule is CCc1ccc(N(/N=C\c2ccccc2)c2ccc(CC)cc2)cc1. The molecule has 25 heavy (non-hydrogen) atoms. The molecule has 0 spiro atoms. The van der Waals surface area contributed by atoms with E-state index >= 15 is 0 Å². The molecule has 2 nitrogen and oxygen atoms in total.